The number of thiophene rings is 1. The summed E-state index contributed by atoms with van der Waals surface area (Å²) in [6.07, 6.45) is 0.335. The molecule has 2 aromatic rings. The molecule has 0 radical (unpaired) electrons. The van der Waals surface area contributed by atoms with Gasteiger partial charge in [0, 0.05) is 4.88 Å². The van der Waals surface area contributed by atoms with Crippen LogP contribution in [0.5, 0.6) is 0 Å². The normalized spacial score (nSPS) is 11.3. The second kappa shape index (κ2) is 6.23. The van der Waals surface area contributed by atoms with Gasteiger partial charge in [-0.25, -0.2) is 17.6 Å². The maximum absolute atomic E-state index is 13.7. The Bertz CT molecular complexity index is 742. The second-order valence-electron chi connectivity index (χ2n) is 4.25. The summed E-state index contributed by atoms with van der Waals surface area (Å²) in [7, 11) is -3.70. The van der Waals surface area contributed by atoms with Crippen LogP contribution in [0.4, 0.5) is 10.1 Å². The van der Waals surface area contributed by atoms with Crippen LogP contribution < -0.4 is 4.72 Å². The molecule has 1 aromatic heterocycles. The molecule has 0 unspecified atom stereocenters. The Balaban J connectivity index is 2.07. The van der Waals surface area contributed by atoms with Crippen LogP contribution in [0, 0.1) is 5.82 Å². The highest BCUT2D eigenvalue weighted by molar-refractivity contribution is 7.92. The Kier molecular flexibility index (Phi) is 4.59. The average molecular weight is 329 g/mol. The van der Waals surface area contributed by atoms with Crippen molar-refractivity contribution in [3.63, 3.8) is 0 Å². The summed E-state index contributed by atoms with van der Waals surface area (Å²) >= 11 is 1.45. The summed E-state index contributed by atoms with van der Waals surface area (Å²) in [4.78, 5) is 11.6. The van der Waals surface area contributed by atoms with E-state index in [1.54, 1.807) is 0 Å². The SMILES string of the molecule is O=C(O)c1ccc(NS(=O)(=O)CCc2cccs2)c(F)c1. The van der Waals surface area contributed by atoms with Gasteiger partial charge in [0.05, 0.1) is 17.0 Å². The summed E-state index contributed by atoms with van der Waals surface area (Å²) in [5.41, 5.74) is -0.500. The van der Waals surface area contributed by atoms with Gasteiger partial charge in [-0.15, -0.1) is 11.3 Å². The van der Waals surface area contributed by atoms with Gasteiger partial charge in [-0.2, -0.15) is 0 Å². The summed E-state index contributed by atoms with van der Waals surface area (Å²) in [6, 6.07) is 6.66. The fourth-order valence-electron chi connectivity index (χ4n) is 1.64. The number of halogens is 1. The minimum atomic E-state index is -3.70. The monoisotopic (exact) mass is 329 g/mol. The summed E-state index contributed by atoms with van der Waals surface area (Å²) in [5, 5.41) is 10.6. The number of carboxylic acid groups (broad SMARTS) is 1. The van der Waals surface area contributed by atoms with Crippen molar-refractivity contribution in [2.24, 2.45) is 0 Å². The standard InChI is InChI=1S/C13H12FNO4S2/c14-11-8-9(13(16)17)3-4-12(11)15-21(18,19)7-5-10-2-1-6-20-10/h1-4,6,8,15H,5,7H2,(H,16,17). The third-order valence-electron chi connectivity index (χ3n) is 2.68. The van der Waals surface area contributed by atoms with Crippen molar-refractivity contribution in [2.45, 2.75) is 6.42 Å². The lowest BCUT2D eigenvalue weighted by Crippen LogP contribution is -2.18. The minimum Gasteiger partial charge on any atom is -0.478 e. The van der Waals surface area contributed by atoms with E-state index in [-0.39, 0.29) is 17.0 Å². The van der Waals surface area contributed by atoms with Gasteiger partial charge < -0.3 is 5.11 Å². The quantitative estimate of drug-likeness (QED) is 0.853. The molecular formula is C13H12FNO4S2. The van der Waals surface area contributed by atoms with E-state index in [1.165, 1.54) is 11.3 Å². The van der Waals surface area contributed by atoms with Crippen LogP contribution in [0.25, 0.3) is 0 Å². The van der Waals surface area contributed by atoms with Crippen LogP contribution in [0.2, 0.25) is 0 Å². The number of sulfonamides is 1. The molecular weight excluding hydrogens is 317 g/mol. The Labute approximate surface area is 125 Å². The smallest absolute Gasteiger partial charge is 0.335 e. The molecule has 1 aromatic carbocycles. The molecule has 0 aliphatic carbocycles. The van der Waals surface area contributed by atoms with Crippen LogP contribution in [0.1, 0.15) is 15.2 Å². The number of aryl methyl sites for hydroxylation is 1. The molecule has 0 spiro atoms. The Hall–Kier alpha value is -1.93. The Morgan fingerprint density at radius 3 is 2.67 bits per heavy atom. The summed E-state index contributed by atoms with van der Waals surface area (Å²) in [5.74, 6) is -2.37. The second-order valence-corrected chi connectivity index (χ2v) is 7.12. The first-order valence-corrected chi connectivity index (χ1v) is 8.46. The molecule has 0 amide bonds. The molecule has 0 aliphatic rings. The molecule has 21 heavy (non-hydrogen) atoms. The number of aromatic carboxylic acids is 1. The largest absolute Gasteiger partial charge is 0.478 e. The van der Waals surface area contributed by atoms with Gasteiger partial charge in [-0.05, 0) is 36.1 Å². The number of carbonyl (C=O) groups is 1. The number of carboxylic acids is 1. The predicted molar refractivity (Wildman–Crippen MR) is 78.8 cm³/mol. The molecule has 0 saturated carbocycles. The van der Waals surface area contributed by atoms with Crippen molar-refractivity contribution in [1.29, 1.82) is 0 Å². The van der Waals surface area contributed by atoms with Crippen molar-refractivity contribution >= 4 is 33.0 Å². The van der Waals surface area contributed by atoms with Crippen molar-refractivity contribution in [2.75, 3.05) is 10.5 Å². The number of anilines is 1. The van der Waals surface area contributed by atoms with E-state index >= 15 is 0 Å². The average Bonchev–Trinajstić information content (AvgIpc) is 2.92. The number of hydrogen-bond acceptors (Lipinski definition) is 4. The zero-order valence-electron chi connectivity index (χ0n) is 10.7. The van der Waals surface area contributed by atoms with Crippen molar-refractivity contribution in [1.82, 2.24) is 0 Å². The summed E-state index contributed by atoms with van der Waals surface area (Å²) < 4.78 is 39.5. The van der Waals surface area contributed by atoms with Gasteiger partial charge in [0.1, 0.15) is 5.82 Å². The summed E-state index contributed by atoms with van der Waals surface area (Å²) in [6.45, 7) is 0. The fraction of sp³-hybridized carbons (Fsp3) is 0.154. The first-order valence-electron chi connectivity index (χ1n) is 5.93. The zero-order valence-corrected chi connectivity index (χ0v) is 12.4. The molecule has 1 heterocycles. The number of benzene rings is 1. The van der Waals surface area contributed by atoms with Crippen molar-refractivity contribution < 1.29 is 22.7 Å². The van der Waals surface area contributed by atoms with E-state index in [0.29, 0.717) is 6.42 Å². The van der Waals surface area contributed by atoms with Gasteiger partial charge in [0.2, 0.25) is 10.0 Å². The van der Waals surface area contributed by atoms with Gasteiger partial charge in [0.15, 0.2) is 0 Å². The van der Waals surface area contributed by atoms with Crippen LogP contribution in [0.3, 0.4) is 0 Å². The highest BCUT2D eigenvalue weighted by atomic mass is 32.2. The van der Waals surface area contributed by atoms with Crippen LogP contribution in [0.15, 0.2) is 35.7 Å². The number of hydrogen-bond donors (Lipinski definition) is 2. The van der Waals surface area contributed by atoms with E-state index in [2.05, 4.69) is 4.72 Å². The highest BCUT2D eigenvalue weighted by Gasteiger charge is 2.15. The van der Waals surface area contributed by atoms with Gasteiger partial charge in [-0.3, -0.25) is 4.72 Å². The van der Waals surface area contributed by atoms with E-state index in [4.69, 9.17) is 5.11 Å². The van der Waals surface area contributed by atoms with E-state index in [0.717, 1.165) is 23.1 Å². The molecule has 0 atom stereocenters. The highest BCUT2D eigenvalue weighted by Crippen LogP contribution is 2.18. The van der Waals surface area contributed by atoms with E-state index < -0.39 is 21.8 Å². The molecule has 112 valence electrons. The lowest BCUT2D eigenvalue weighted by molar-refractivity contribution is 0.0696. The number of rotatable bonds is 6. The van der Waals surface area contributed by atoms with E-state index in [1.807, 2.05) is 17.5 Å². The topological polar surface area (TPSA) is 83.5 Å². The van der Waals surface area contributed by atoms with Crippen LogP contribution in [-0.4, -0.2) is 25.2 Å². The van der Waals surface area contributed by atoms with E-state index in [9.17, 15) is 17.6 Å². The maximum atomic E-state index is 13.7. The Morgan fingerprint density at radius 1 is 1.33 bits per heavy atom. The third kappa shape index (κ3) is 4.27. The molecule has 0 bridgehead atoms. The maximum Gasteiger partial charge on any atom is 0.335 e. The van der Waals surface area contributed by atoms with Crippen LogP contribution >= 0.6 is 11.3 Å². The van der Waals surface area contributed by atoms with Gasteiger partial charge in [0.25, 0.3) is 0 Å². The molecule has 5 nitrogen and oxygen atoms in total. The molecule has 0 aliphatic heterocycles. The molecule has 0 saturated heterocycles. The molecule has 2 N–H and O–H groups in total. The molecule has 2 rings (SSSR count). The molecule has 8 heteroatoms. The lowest BCUT2D eigenvalue weighted by Gasteiger charge is -2.09. The minimum absolute atomic E-state index is 0.173. The van der Waals surface area contributed by atoms with Crippen LogP contribution in [-0.2, 0) is 16.4 Å². The third-order valence-corrected chi connectivity index (χ3v) is 4.89. The fourth-order valence-corrected chi connectivity index (χ4v) is 3.57. The lowest BCUT2D eigenvalue weighted by atomic mass is 10.2. The van der Waals surface area contributed by atoms with Gasteiger partial charge in [-0.1, -0.05) is 6.07 Å². The zero-order chi connectivity index (χ0) is 15.5. The Morgan fingerprint density at radius 2 is 2.10 bits per heavy atom. The van der Waals surface area contributed by atoms with Crippen molar-refractivity contribution in [3.05, 3.63) is 52.0 Å². The molecule has 0 fully saturated rings. The predicted octanol–water partition coefficient (Wildman–Crippen LogP) is 2.57. The first-order chi connectivity index (χ1) is 9.87. The first kappa shape index (κ1) is 15.5. The van der Waals surface area contributed by atoms with Crippen molar-refractivity contribution in [3.8, 4) is 0 Å². The van der Waals surface area contributed by atoms with Gasteiger partial charge >= 0.3 is 5.97 Å². The number of nitrogens with one attached hydrogen (secondary N) is 1.